The van der Waals surface area contributed by atoms with E-state index in [4.69, 9.17) is 5.73 Å². The van der Waals surface area contributed by atoms with Crippen LogP contribution in [0.25, 0.3) is 0 Å². The van der Waals surface area contributed by atoms with Crippen molar-refractivity contribution in [2.45, 2.75) is 33.2 Å². The van der Waals surface area contributed by atoms with Crippen molar-refractivity contribution >= 4 is 17.1 Å². The van der Waals surface area contributed by atoms with Gasteiger partial charge in [0.1, 0.15) is 10.8 Å². The average Bonchev–Trinajstić information content (AvgIpc) is 2.76. The third-order valence-corrected chi connectivity index (χ3v) is 4.70. The molecule has 0 fully saturated rings. The topological polar surface area (TPSA) is 56.0 Å². The minimum absolute atomic E-state index is 0.148. The Morgan fingerprint density at radius 3 is 2.50 bits per heavy atom. The van der Waals surface area contributed by atoms with Crippen LogP contribution in [0.2, 0.25) is 0 Å². The highest BCUT2D eigenvalue weighted by Crippen LogP contribution is 2.23. The molecule has 1 aromatic carbocycles. The third kappa shape index (κ3) is 3.32. The number of ketones is 1. The van der Waals surface area contributed by atoms with Gasteiger partial charge in [0.2, 0.25) is 0 Å². The Balaban J connectivity index is 2.05. The van der Waals surface area contributed by atoms with Gasteiger partial charge in [-0.2, -0.15) is 0 Å². The minimum Gasteiger partial charge on any atom is -0.323 e. The number of hydrogen-bond acceptors (Lipinski definition) is 4. The fraction of sp³-hybridized carbons (Fsp3) is 0.375. The number of Topliss-reactive ketones (excluding diaryl/α,β-unsaturated/α-hetero) is 1. The van der Waals surface area contributed by atoms with E-state index in [1.165, 1.54) is 4.88 Å². The molecule has 20 heavy (non-hydrogen) atoms. The minimum atomic E-state index is -0.258. The van der Waals surface area contributed by atoms with E-state index in [9.17, 15) is 4.79 Å². The van der Waals surface area contributed by atoms with Crippen molar-refractivity contribution < 1.29 is 4.79 Å². The van der Waals surface area contributed by atoms with Crippen LogP contribution in [-0.2, 0) is 11.2 Å². The maximum absolute atomic E-state index is 12.3. The van der Waals surface area contributed by atoms with Crippen LogP contribution in [0.5, 0.6) is 0 Å². The smallest absolute Gasteiger partial charge is 0.144 e. The molecule has 2 N–H and O–H groups in total. The number of benzene rings is 1. The molecule has 2 atom stereocenters. The second-order valence-electron chi connectivity index (χ2n) is 5.12. The van der Waals surface area contributed by atoms with Crippen molar-refractivity contribution in [2.24, 2.45) is 11.7 Å². The van der Waals surface area contributed by atoms with E-state index in [0.29, 0.717) is 6.42 Å². The summed E-state index contributed by atoms with van der Waals surface area (Å²) in [6.07, 6.45) is 0.376. The Morgan fingerprint density at radius 1 is 1.30 bits per heavy atom. The lowest BCUT2D eigenvalue weighted by molar-refractivity contribution is -0.122. The van der Waals surface area contributed by atoms with E-state index in [1.54, 1.807) is 11.3 Å². The molecule has 0 aliphatic rings. The molecule has 0 saturated heterocycles. The molecule has 2 unspecified atom stereocenters. The van der Waals surface area contributed by atoms with Crippen LogP contribution < -0.4 is 5.73 Å². The molecule has 0 aliphatic carbocycles. The molecule has 0 aliphatic heterocycles. The maximum atomic E-state index is 12.3. The molecule has 0 spiro atoms. The summed E-state index contributed by atoms with van der Waals surface area (Å²) in [7, 11) is 0. The van der Waals surface area contributed by atoms with Gasteiger partial charge in [0.05, 0.1) is 12.1 Å². The van der Waals surface area contributed by atoms with E-state index >= 15 is 0 Å². The number of rotatable bonds is 5. The largest absolute Gasteiger partial charge is 0.323 e. The van der Waals surface area contributed by atoms with Gasteiger partial charge >= 0.3 is 0 Å². The molecule has 0 amide bonds. The Labute approximate surface area is 123 Å². The predicted octanol–water partition coefficient (Wildman–Crippen LogP) is 3.21. The van der Waals surface area contributed by atoms with Crippen LogP contribution in [0.1, 0.15) is 34.1 Å². The maximum Gasteiger partial charge on any atom is 0.144 e. The third-order valence-electron chi connectivity index (χ3n) is 3.63. The normalized spacial score (nSPS) is 14.0. The number of aryl methyl sites for hydroxylation is 2. The van der Waals surface area contributed by atoms with Crippen LogP contribution >= 0.6 is 11.3 Å². The SMILES string of the molecule is Cc1nc(CC(=O)C(C)C(N)c2ccccc2)sc1C. The first-order chi connectivity index (χ1) is 9.49. The zero-order valence-corrected chi connectivity index (χ0v) is 12.9. The van der Waals surface area contributed by atoms with Crippen molar-refractivity contribution in [3.63, 3.8) is 0 Å². The lowest BCUT2D eigenvalue weighted by Gasteiger charge is -2.18. The average molecular weight is 288 g/mol. The highest BCUT2D eigenvalue weighted by Gasteiger charge is 2.23. The fourth-order valence-corrected chi connectivity index (χ4v) is 3.03. The van der Waals surface area contributed by atoms with Crippen molar-refractivity contribution in [1.29, 1.82) is 0 Å². The summed E-state index contributed by atoms with van der Waals surface area (Å²) in [4.78, 5) is 17.9. The van der Waals surface area contributed by atoms with Gasteiger partial charge in [-0.15, -0.1) is 11.3 Å². The van der Waals surface area contributed by atoms with Gasteiger partial charge in [0, 0.05) is 16.8 Å². The van der Waals surface area contributed by atoms with Crippen LogP contribution in [0.3, 0.4) is 0 Å². The second kappa shape index (κ2) is 6.29. The molecule has 4 heteroatoms. The van der Waals surface area contributed by atoms with E-state index in [-0.39, 0.29) is 17.7 Å². The van der Waals surface area contributed by atoms with E-state index in [0.717, 1.165) is 16.3 Å². The molecule has 0 radical (unpaired) electrons. The zero-order valence-electron chi connectivity index (χ0n) is 12.1. The summed E-state index contributed by atoms with van der Waals surface area (Å²) in [5, 5.41) is 0.886. The van der Waals surface area contributed by atoms with Gasteiger partial charge in [0.15, 0.2) is 0 Å². The Kier molecular flexibility index (Phi) is 4.68. The monoisotopic (exact) mass is 288 g/mol. The lowest BCUT2D eigenvalue weighted by atomic mass is 9.91. The number of carbonyl (C=O) groups is 1. The van der Waals surface area contributed by atoms with Crippen LogP contribution in [-0.4, -0.2) is 10.8 Å². The second-order valence-corrected chi connectivity index (χ2v) is 6.41. The highest BCUT2D eigenvalue weighted by molar-refractivity contribution is 7.11. The molecular weight excluding hydrogens is 268 g/mol. The quantitative estimate of drug-likeness (QED) is 0.919. The summed E-state index contributed by atoms with van der Waals surface area (Å²) in [5.74, 6) is -0.0583. The number of aromatic nitrogens is 1. The first-order valence-corrected chi connectivity index (χ1v) is 7.57. The summed E-state index contributed by atoms with van der Waals surface area (Å²) in [5.41, 5.74) is 8.20. The summed E-state index contributed by atoms with van der Waals surface area (Å²) < 4.78 is 0. The van der Waals surface area contributed by atoms with E-state index < -0.39 is 0 Å². The van der Waals surface area contributed by atoms with Gasteiger partial charge in [0.25, 0.3) is 0 Å². The number of hydrogen-bond donors (Lipinski definition) is 1. The molecule has 0 saturated carbocycles. The van der Waals surface area contributed by atoms with Gasteiger partial charge in [-0.3, -0.25) is 4.79 Å². The van der Waals surface area contributed by atoms with Gasteiger partial charge in [-0.05, 0) is 19.4 Å². The van der Waals surface area contributed by atoms with Crippen molar-refractivity contribution in [3.8, 4) is 0 Å². The van der Waals surface area contributed by atoms with Crippen LogP contribution in [0.4, 0.5) is 0 Å². The molecule has 2 rings (SSSR count). The van der Waals surface area contributed by atoms with Gasteiger partial charge in [-0.25, -0.2) is 4.98 Å². The lowest BCUT2D eigenvalue weighted by Crippen LogP contribution is -2.27. The Bertz CT molecular complexity index is 572. The number of nitrogens with two attached hydrogens (primary N) is 1. The molecule has 3 nitrogen and oxygen atoms in total. The first kappa shape index (κ1) is 14.9. The standard InChI is InChI=1S/C16H20N2OS/c1-10(16(17)13-7-5-4-6-8-13)14(19)9-15-18-11(2)12(3)20-15/h4-8,10,16H,9,17H2,1-3H3. The van der Waals surface area contributed by atoms with Crippen LogP contribution in [0, 0.1) is 19.8 Å². The van der Waals surface area contributed by atoms with E-state index in [1.807, 2.05) is 51.1 Å². The molecular formula is C16H20N2OS. The summed E-state index contributed by atoms with van der Waals surface area (Å²) >= 11 is 1.59. The number of nitrogens with zero attached hydrogens (tertiary/aromatic N) is 1. The summed E-state index contributed by atoms with van der Waals surface area (Å²) in [6, 6.07) is 9.51. The molecule has 1 aromatic heterocycles. The van der Waals surface area contributed by atoms with E-state index in [2.05, 4.69) is 4.98 Å². The van der Waals surface area contributed by atoms with Gasteiger partial charge < -0.3 is 5.73 Å². The molecule has 0 bridgehead atoms. The molecule has 106 valence electrons. The number of carbonyl (C=O) groups excluding carboxylic acids is 1. The Morgan fingerprint density at radius 2 is 1.95 bits per heavy atom. The highest BCUT2D eigenvalue weighted by atomic mass is 32.1. The van der Waals surface area contributed by atoms with Crippen molar-refractivity contribution in [3.05, 3.63) is 51.5 Å². The van der Waals surface area contributed by atoms with Gasteiger partial charge in [-0.1, -0.05) is 37.3 Å². The Hall–Kier alpha value is -1.52. The van der Waals surface area contributed by atoms with Crippen LogP contribution in [0.15, 0.2) is 30.3 Å². The molecule has 2 aromatic rings. The number of thiazole rings is 1. The summed E-state index contributed by atoms with van der Waals surface area (Å²) in [6.45, 7) is 5.90. The fourth-order valence-electron chi connectivity index (χ4n) is 2.09. The van der Waals surface area contributed by atoms with Crippen molar-refractivity contribution in [1.82, 2.24) is 4.98 Å². The zero-order chi connectivity index (χ0) is 14.7. The molecule has 1 heterocycles. The predicted molar refractivity (Wildman–Crippen MR) is 82.8 cm³/mol. The van der Waals surface area contributed by atoms with Crippen molar-refractivity contribution in [2.75, 3.05) is 0 Å². The first-order valence-electron chi connectivity index (χ1n) is 6.75.